The number of benzene rings is 2. The number of carboxylic acids is 1. The number of aryl methyl sites for hydroxylation is 1. The first-order chi connectivity index (χ1) is 20.6. The zero-order valence-electron chi connectivity index (χ0n) is 25.5. The average Bonchev–Trinajstić information content (AvgIpc) is 3.35. The van der Waals surface area contributed by atoms with Gasteiger partial charge in [0.05, 0.1) is 19.3 Å². The van der Waals surface area contributed by atoms with E-state index in [0.717, 1.165) is 15.9 Å². The fraction of sp³-hybridized carbons (Fsp3) is 0.379. The van der Waals surface area contributed by atoms with Gasteiger partial charge in [0.1, 0.15) is 24.3 Å². The fourth-order valence-corrected chi connectivity index (χ4v) is 6.33. The van der Waals surface area contributed by atoms with Gasteiger partial charge < -0.3 is 19.1 Å². The summed E-state index contributed by atoms with van der Waals surface area (Å²) in [4.78, 5) is 43.3. The Balaban J connectivity index is 1.59. The summed E-state index contributed by atoms with van der Waals surface area (Å²) >= 11 is 0. The lowest BCUT2D eigenvalue weighted by molar-refractivity contribution is -0.141. The standard InChI is InChI=1S/C29H37N5O8SSi/c1-20(44(4,5)6)41-19-34-26-25(31(2)18-30-26)27(35)33(29(34)38)17-16-24(28(36)37)32(3)43(39,40)23-14-12-22(13-15-23)42-21-10-8-7-9-11-21/h7-15,18,20,24H,16-17,19H2,1-6H3,(H,36,37). The smallest absolute Gasteiger partial charge is 0.334 e. The van der Waals surface area contributed by atoms with Gasteiger partial charge in [-0.25, -0.2) is 18.2 Å². The molecule has 0 radical (unpaired) electrons. The van der Waals surface area contributed by atoms with E-state index in [1.54, 1.807) is 31.3 Å². The quantitative estimate of drug-likeness (QED) is 0.216. The van der Waals surface area contributed by atoms with Gasteiger partial charge >= 0.3 is 11.7 Å². The van der Waals surface area contributed by atoms with Crippen molar-refractivity contribution in [3.8, 4) is 11.5 Å². The summed E-state index contributed by atoms with van der Waals surface area (Å²) in [6.07, 6.45) is 1.05. The number of aromatic nitrogens is 4. The molecular weight excluding hydrogens is 606 g/mol. The minimum absolute atomic E-state index is 0.109. The molecule has 2 unspecified atom stereocenters. The van der Waals surface area contributed by atoms with Crippen molar-refractivity contribution in [3.63, 3.8) is 0 Å². The van der Waals surface area contributed by atoms with Gasteiger partial charge in [-0.15, -0.1) is 0 Å². The van der Waals surface area contributed by atoms with E-state index in [0.29, 0.717) is 11.5 Å². The van der Waals surface area contributed by atoms with Crippen molar-refractivity contribution in [3.05, 3.63) is 81.8 Å². The number of para-hydroxylation sites is 1. The third kappa shape index (κ3) is 6.85. The van der Waals surface area contributed by atoms with Gasteiger partial charge in [0, 0.05) is 26.4 Å². The molecule has 15 heteroatoms. The molecule has 0 aliphatic rings. The molecule has 2 aromatic carbocycles. The number of nitrogens with zero attached hydrogens (tertiary/aromatic N) is 5. The molecule has 236 valence electrons. The monoisotopic (exact) mass is 643 g/mol. The third-order valence-electron chi connectivity index (χ3n) is 7.59. The maximum atomic E-state index is 13.5. The van der Waals surface area contributed by atoms with Gasteiger partial charge in [0.2, 0.25) is 10.0 Å². The Morgan fingerprint density at radius 3 is 2.23 bits per heavy atom. The summed E-state index contributed by atoms with van der Waals surface area (Å²) in [6.45, 7) is 7.80. The van der Waals surface area contributed by atoms with E-state index >= 15 is 0 Å². The van der Waals surface area contributed by atoms with Crippen molar-refractivity contribution in [1.82, 2.24) is 23.0 Å². The molecule has 4 rings (SSSR count). The summed E-state index contributed by atoms with van der Waals surface area (Å²) < 4.78 is 42.9. The number of likely N-dealkylation sites (N-methyl/N-ethyl adjacent to an activating group) is 1. The normalized spacial score (nSPS) is 13.7. The number of aliphatic carboxylic acids is 1. The average molecular weight is 644 g/mol. The van der Waals surface area contributed by atoms with Gasteiger partial charge in [0.25, 0.3) is 5.56 Å². The predicted octanol–water partition coefficient (Wildman–Crippen LogP) is 3.09. The zero-order valence-corrected chi connectivity index (χ0v) is 27.3. The molecule has 1 N–H and O–H groups in total. The van der Waals surface area contributed by atoms with Gasteiger partial charge in [-0.1, -0.05) is 37.8 Å². The van der Waals surface area contributed by atoms with Crippen LogP contribution in [0.25, 0.3) is 11.2 Å². The van der Waals surface area contributed by atoms with Crippen LogP contribution in [0.2, 0.25) is 19.6 Å². The highest BCUT2D eigenvalue weighted by Gasteiger charge is 2.33. The Labute approximate surface area is 256 Å². The number of carbonyl (C=O) groups is 1. The van der Waals surface area contributed by atoms with Crippen LogP contribution >= 0.6 is 0 Å². The Hall–Kier alpha value is -4.05. The van der Waals surface area contributed by atoms with Crippen molar-refractivity contribution < 1.29 is 27.8 Å². The molecule has 13 nitrogen and oxygen atoms in total. The van der Waals surface area contributed by atoms with Gasteiger partial charge in [-0.2, -0.15) is 4.31 Å². The molecule has 0 aliphatic heterocycles. The predicted molar refractivity (Wildman–Crippen MR) is 167 cm³/mol. The number of hydrogen-bond acceptors (Lipinski definition) is 8. The first-order valence-electron chi connectivity index (χ1n) is 13.9. The van der Waals surface area contributed by atoms with Crippen LogP contribution in [-0.4, -0.2) is 69.4 Å². The molecule has 0 amide bonds. The Kier molecular flexibility index (Phi) is 9.63. The van der Waals surface area contributed by atoms with Crippen molar-refractivity contribution in [2.45, 2.75) is 62.9 Å². The van der Waals surface area contributed by atoms with E-state index in [1.165, 1.54) is 39.7 Å². The second-order valence-corrected chi connectivity index (χ2v) is 19.1. The first-order valence-corrected chi connectivity index (χ1v) is 18.9. The van der Waals surface area contributed by atoms with E-state index < -0.39 is 41.4 Å². The van der Waals surface area contributed by atoms with Crippen molar-refractivity contribution in [2.24, 2.45) is 7.05 Å². The summed E-state index contributed by atoms with van der Waals surface area (Å²) in [7, 11) is -3.22. The molecule has 0 fully saturated rings. The zero-order chi connectivity index (χ0) is 32.4. The van der Waals surface area contributed by atoms with Crippen LogP contribution in [0.4, 0.5) is 0 Å². The number of sulfonamides is 1. The molecule has 0 spiro atoms. The van der Waals surface area contributed by atoms with Gasteiger partial charge in [-0.3, -0.25) is 18.7 Å². The molecule has 0 aliphatic carbocycles. The third-order valence-corrected chi connectivity index (χ3v) is 12.1. The second-order valence-electron chi connectivity index (χ2n) is 11.5. The summed E-state index contributed by atoms with van der Waals surface area (Å²) in [5.41, 5.74) is -1.21. The number of rotatable bonds is 13. The van der Waals surface area contributed by atoms with Crippen LogP contribution in [0.5, 0.6) is 11.5 Å². The van der Waals surface area contributed by atoms with E-state index in [4.69, 9.17) is 9.47 Å². The summed E-state index contributed by atoms with van der Waals surface area (Å²) in [5, 5.41) is 10.0. The lowest BCUT2D eigenvalue weighted by Gasteiger charge is -2.26. The van der Waals surface area contributed by atoms with Gasteiger partial charge in [0.15, 0.2) is 11.2 Å². The highest BCUT2D eigenvalue weighted by molar-refractivity contribution is 7.89. The maximum absolute atomic E-state index is 13.5. The minimum atomic E-state index is -4.27. The van der Waals surface area contributed by atoms with E-state index in [9.17, 15) is 27.9 Å². The Morgan fingerprint density at radius 1 is 1.02 bits per heavy atom. The SMILES string of the molecule is CC(OCn1c(=O)n(CCC(C(=O)O)N(C)S(=O)(=O)c2ccc(Oc3ccccc3)cc2)c(=O)c2c1ncn2C)[Si](C)(C)C. The maximum Gasteiger partial charge on any atom is 0.334 e. The lowest BCUT2D eigenvalue weighted by Crippen LogP contribution is -2.46. The fourth-order valence-electron chi connectivity index (χ4n) is 4.41. The van der Waals surface area contributed by atoms with E-state index in [-0.39, 0.29) is 41.5 Å². The number of ether oxygens (including phenoxy) is 2. The van der Waals surface area contributed by atoms with Crippen LogP contribution < -0.4 is 16.0 Å². The molecule has 4 aromatic rings. The highest BCUT2D eigenvalue weighted by Crippen LogP contribution is 2.25. The van der Waals surface area contributed by atoms with E-state index in [1.807, 2.05) is 13.0 Å². The second kappa shape index (κ2) is 12.9. The molecule has 2 aromatic heterocycles. The number of imidazole rings is 1. The summed E-state index contributed by atoms with van der Waals surface area (Å²) in [5.74, 6) is -0.457. The Morgan fingerprint density at radius 2 is 1.64 bits per heavy atom. The largest absolute Gasteiger partial charge is 0.480 e. The topological polar surface area (TPSA) is 155 Å². The number of hydrogen-bond donors (Lipinski definition) is 1. The lowest BCUT2D eigenvalue weighted by atomic mass is 10.2. The Bertz CT molecular complexity index is 1860. The molecule has 0 bridgehead atoms. The van der Waals surface area contributed by atoms with Crippen LogP contribution in [0.3, 0.4) is 0 Å². The van der Waals surface area contributed by atoms with Gasteiger partial charge in [-0.05, 0) is 49.7 Å². The van der Waals surface area contributed by atoms with Crippen LogP contribution in [0, 0.1) is 0 Å². The molecule has 0 saturated heterocycles. The minimum Gasteiger partial charge on any atom is -0.480 e. The van der Waals surface area contributed by atoms with E-state index in [2.05, 4.69) is 24.6 Å². The van der Waals surface area contributed by atoms with Crippen LogP contribution in [0.15, 0.2) is 75.4 Å². The number of fused-ring (bicyclic) bond motifs is 1. The van der Waals surface area contributed by atoms with Crippen molar-refractivity contribution >= 4 is 35.2 Å². The van der Waals surface area contributed by atoms with Crippen molar-refractivity contribution in [1.29, 1.82) is 0 Å². The first kappa shape index (κ1) is 32.9. The molecular formula is C29H37N5O8SSi. The molecule has 2 atom stereocenters. The van der Waals surface area contributed by atoms with Crippen LogP contribution in [-0.2, 0) is 39.9 Å². The number of carboxylic acid groups (broad SMARTS) is 1. The highest BCUT2D eigenvalue weighted by atomic mass is 32.2. The summed E-state index contributed by atoms with van der Waals surface area (Å²) in [6, 6.07) is 13.0. The molecule has 0 saturated carbocycles. The molecule has 2 heterocycles. The molecule has 44 heavy (non-hydrogen) atoms. The van der Waals surface area contributed by atoms with Crippen molar-refractivity contribution in [2.75, 3.05) is 7.05 Å². The van der Waals surface area contributed by atoms with Crippen LogP contribution in [0.1, 0.15) is 13.3 Å².